The van der Waals surface area contributed by atoms with Gasteiger partial charge in [-0.05, 0) is 25.5 Å². The Morgan fingerprint density at radius 3 is 3.05 bits per heavy atom. The van der Waals surface area contributed by atoms with Gasteiger partial charge in [0.25, 0.3) is 0 Å². The van der Waals surface area contributed by atoms with E-state index >= 15 is 0 Å². The second-order valence-electron chi connectivity index (χ2n) is 4.82. The van der Waals surface area contributed by atoms with Gasteiger partial charge in [0.15, 0.2) is 0 Å². The van der Waals surface area contributed by atoms with Crippen LogP contribution in [0.5, 0.6) is 0 Å². The van der Waals surface area contributed by atoms with E-state index in [2.05, 4.69) is 10.3 Å². The maximum Gasteiger partial charge on any atom is 0.247 e. The molecule has 0 spiro atoms. The first-order valence-electron chi connectivity index (χ1n) is 6.86. The first-order chi connectivity index (χ1) is 9.57. The fourth-order valence-corrected chi connectivity index (χ4v) is 5.15. The van der Waals surface area contributed by atoms with Crippen LogP contribution < -0.4 is 5.32 Å². The van der Waals surface area contributed by atoms with Crippen LogP contribution in [0.4, 0.5) is 5.82 Å². The van der Waals surface area contributed by atoms with Gasteiger partial charge in [-0.3, -0.25) is 0 Å². The fourth-order valence-electron chi connectivity index (χ4n) is 2.17. The SMILES string of the molecule is CCCNc1ncccc1S(=O)(=O)N1CCSCC1C. The Bertz CT molecular complexity index is 548. The Morgan fingerprint density at radius 1 is 1.55 bits per heavy atom. The topological polar surface area (TPSA) is 62.3 Å². The van der Waals surface area contributed by atoms with Gasteiger partial charge in [-0.15, -0.1) is 0 Å². The maximum atomic E-state index is 12.8. The number of sulfonamides is 1. The average Bonchev–Trinajstić information content (AvgIpc) is 2.45. The van der Waals surface area contributed by atoms with E-state index in [0.29, 0.717) is 18.9 Å². The van der Waals surface area contributed by atoms with Crippen molar-refractivity contribution in [2.75, 3.05) is 29.9 Å². The third-order valence-electron chi connectivity index (χ3n) is 3.21. The predicted molar refractivity (Wildman–Crippen MR) is 83.7 cm³/mol. The quantitative estimate of drug-likeness (QED) is 0.901. The summed E-state index contributed by atoms with van der Waals surface area (Å²) in [5, 5.41) is 3.10. The highest BCUT2D eigenvalue weighted by Gasteiger charge is 2.33. The molecule has 1 aliphatic heterocycles. The summed E-state index contributed by atoms with van der Waals surface area (Å²) in [7, 11) is -3.48. The lowest BCUT2D eigenvalue weighted by Gasteiger charge is -2.32. The van der Waals surface area contributed by atoms with Gasteiger partial charge in [0.1, 0.15) is 10.7 Å². The number of nitrogens with zero attached hydrogens (tertiary/aromatic N) is 2. The minimum atomic E-state index is -3.48. The van der Waals surface area contributed by atoms with Crippen molar-refractivity contribution in [2.24, 2.45) is 0 Å². The van der Waals surface area contributed by atoms with Crippen LogP contribution in [0.25, 0.3) is 0 Å². The first kappa shape index (κ1) is 15.6. The number of anilines is 1. The number of nitrogens with one attached hydrogen (secondary N) is 1. The molecule has 112 valence electrons. The van der Waals surface area contributed by atoms with Crippen LogP contribution in [0.1, 0.15) is 20.3 Å². The fraction of sp³-hybridized carbons (Fsp3) is 0.615. The predicted octanol–water partition coefficient (Wildman–Crippen LogP) is 2.03. The molecule has 1 N–H and O–H groups in total. The van der Waals surface area contributed by atoms with Crippen molar-refractivity contribution < 1.29 is 8.42 Å². The van der Waals surface area contributed by atoms with Gasteiger partial charge in [0, 0.05) is 36.8 Å². The molecule has 0 saturated carbocycles. The van der Waals surface area contributed by atoms with Crippen LogP contribution in [0, 0.1) is 0 Å². The monoisotopic (exact) mass is 315 g/mol. The molecule has 7 heteroatoms. The highest BCUT2D eigenvalue weighted by atomic mass is 32.2. The molecule has 0 aromatic carbocycles. The molecular weight excluding hydrogens is 294 g/mol. The largest absolute Gasteiger partial charge is 0.369 e. The van der Waals surface area contributed by atoms with Crippen LogP contribution in [0.3, 0.4) is 0 Å². The van der Waals surface area contributed by atoms with E-state index in [1.165, 1.54) is 0 Å². The molecular formula is C13H21N3O2S2. The molecule has 1 aliphatic rings. The summed E-state index contributed by atoms with van der Waals surface area (Å²) < 4.78 is 27.2. The summed E-state index contributed by atoms with van der Waals surface area (Å²) in [5.74, 6) is 2.15. The molecule has 20 heavy (non-hydrogen) atoms. The lowest BCUT2D eigenvalue weighted by Crippen LogP contribution is -2.44. The number of pyridine rings is 1. The van der Waals surface area contributed by atoms with Crippen molar-refractivity contribution >= 4 is 27.6 Å². The normalized spacial score (nSPS) is 20.8. The maximum absolute atomic E-state index is 12.8. The molecule has 1 aromatic heterocycles. The second-order valence-corrected chi connectivity index (χ2v) is 7.83. The zero-order valence-corrected chi connectivity index (χ0v) is 13.5. The van der Waals surface area contributed by atoms with Gasteiger partial charge in [-0.2, -0.15) is 16.1 Å². The Balaban J connectivity index is 2.33. The minimum absolute atomic E-state index is 0.0259. The van der Waals surface area contributed by atoms with Crippen molar-refractivity contribution in [3.63, 3.8) is 0 Å². The number of thioether (sulfide) groups is 1. The van der Waals surface area contributed by atoms with E-state index in [4.69, 9.17) is 0 Å². The van der Waals surface area contributed by atoms with Gasteiger partial charge in [-0.25, -0.2) is 13.4 Å². The van der Waals surface area contributed by atoms with Gasteiger partial charge < -0.3 is 5.32 Å². The summed E-state index contributed by atoms with van der Waals surface area (Å²) in [6, 6.07) is 3.33. The molecule has 0 bridgehead atoms. The van der Waals surface area contributed by atoms with Crippen molar-refractivity contribution in [3.8, 4) is 0 Å². The third-order valence-corrected chi connectivity index (χ3v) is 6.44. The molecule has 1 atom stereocenters. The minimum Gasteiger partial charge on any atom is -0.369 e. The molecule has 1 saturated heterocycles. The summed E-state index contributed by atoms with van der Waals surface area (Å²) in [5.41, 5.74) is 0. The standard InChI is InChI=1S/C13H21N3O2S2/c1-3-6-14-13-12(5-4-7-15-13)20(17,18)16-8-9-19-10-11(16)2/h4-5,7,11H,3,6,8-10H2,1-2H3,(H,14,15). The summed E-state index contributed by atoms with van der Waals surface area (Å²) in [6.07, 6.45) is 2.54. The Hall–Kier alpha value is -0.790. The van der Waals surface area contributed by atoms with E-state index in [-0.39, 0.29) is 10.9 Å². The lowest BCUT2D eigenvalue weighted by atomic mass is 10.4. The molecule has 2 heterocycles. The molecule has 0 amide bonds. The van der Waals surface area contributed by atoms with Crippen LogP contribution >= 0.6 is 11.8 Å². The van der Waals surface area contributed by atoms with Crippen LogP contribution in [-0.2, 0) is 10.0 Å². The average molecular weight is 315 g/mol. The Labute approximate surface area is 125 Å². The van der Waals surface area contributed by atoms with Gasteiger partial charge in [-0.1, -0.05) is 6.92 Å². The van der Waals surface area contributed by atoms with E-state index in [9.17, 15) is 8.42 Å². The zero-order valence-electron chi connectivity index (χ0n) is 11.9. The number of rotatable bonds is 5. The molecule has 2 rings (SSSR count). The Morgan fingerprint density at radius 2 is 2.35 bits per heavy atom. The van der Waals surface area contributed by atoms with Gasteiger partial charge in [0.05, 0.1) is 0 Å². The van der Waals surface area contributed by atoms with E-state index in [1.54, 1.807) is 34.4 Å². The van der Waals surface area contributed by atoms with Crippen LogP contribution in [-0.4, -0.2) is 48.3 Å². The lowest BCUT2D eigenvalue weighted by molar-refractivity contribution is 0.367. The van der Waals surface area contributed by atoms with Crippen LogP contribution in [0.2, 0.25) is 0 Å². The molecule has 1 aromatic rings. The number of hydrogen-bond donors (Lipinski definition) is 1. The van der Waals surface area contributed by atoms with Crippen LogP contribution in [0.15, 0.2) is 23.2 Å². The Kier molecular flexibility index (Phi) is 5.29. The first-order valence-corrected chi connectivity index (χ1v) is 9.45. The number of hydrogen-bond acceptors (Lipinski definition) is 5. The number of aromatic nitrogens is 1. The third kappa shape index (κ3) is 3.27. The van der Waals surface area contributed by atoms with E-state index in [1.807, 2.05) is 13.8 Å². The smallest absolute Gasteiger partial charge is 0.247 e. The highest BCUT2D eigenvalue weighted by molar-refractivity contribution is 7.99. The highest BCUT2D eigenvalue weighted by Crippen LogP contribution is 2.27. The van der Waals surface area contributed by atoms with Crippen molar-refractivity contribution in [2.45, 2.75) is 31.2 Å². The molecule has 5 nitrogen and oxygen atoms in total. The van der Waals surface area contributed by atoms with Gasteiger partial charge in [0.2, 0.25) is 10.0 Å². The van der Waals surface area contributed by atoms with Gasteiger partial charge >= 0.3 is 0 Å². The molecule has 0 aliphatic carbocycles. The zero-order chi connectivity index (χ0) is 14.6. The molecule has 0 radical (unpaired) electrons. The summed E-state index contributed by atoms with van der Waals surface area (Å²) in [6.45, 7) is 5.27. The van der Waals surface area contributed by atoms with E-state index in [0.717, 1.165) is 17.9 Å². The van der Waals surface area contributed by atoms with Crippen molar-refractivity contribution in [3.05, 3.63) is 18.3 Å². The second kappa shape index (κ2) is 6.78. The van der Waals surface area contributed by atoms with E-state index < -0.39 is 10.0 Å². The molecule has 1 fully saturated rings. The summed E-state index contributed by atoms with van der Waals surface area (Å²) >= 11 is 1.80. The van der Waals surface area contributed by atoms with Crippen molar-refractivity contribution in [1.82, 2.24) is 9.29 Å². The molecule has 1 unspecified atom stereocenters. The van der Waals surface area contributed by atoms with Crippen molar-refractivity contribution in [1.29, 1.82) is 0 Å². The summed E-state index contributed by atoms with van der Waals surface area (Å²) in [4.78, 5) is 4.46.